The summed E-state index contributed by atoms with van der Waals surface area (Å²) in [5, 5.41) is 3.23. The Hall–Kier alpha value is -1.70. The van der Waals surface area contributed by atoms with Crippen molar-refractivity contribution in [1.82, 2.24) is 9.29 Å². The first kappa shape index (κ1) is 20.6. The first-order valence-corrected chi connectivity index (χ1v) is 9.42. The monoisotopic (exact) mass is 398 g/mol. The quantitative estimate of drug-likeness (QED) is 0.483. The number of aromatic nitrogens is 1. The zero-order valence-corrected chi connectivity index (χ0v) is 16.9. The van der Waals surface area contributed by atoms with E-state index in [1.807, 2.05) is 24.7 Å². The van der Waals surface area contributed by atoms with Crippen LogP contribution in [0.3, 0.4) is 0 Å². The smallest absolute Gasteiger partial charge is 0.211 e. The Morgan fingerprint density at radius 2 is 2.04 bits per heavy atom. The number of aryl methyl sites for hydroxylation is 2. The van der Waals surface area contributed by atoms with Crippen LogP contribution in [0.2, 0.25) is 5.02 Å². The number of hydrogen-bond donors (Lipinski definition) is 3. The molecule has 3 N–H and O–H groups in total. The summed E-state index contributed by atoms with van der Waals surface area (Å²) in [5.41, 5.74) is 3.51. The molecule has 26 heavy (non-hydrogen) atoms. The number of amides is 1. The average Bonchev–Trinajstić information content (AvgIpc) is 3.28. The molecule has 0 radical (unpaired) electrons. The van der Waals surface area contributed by atoms with Gasteiger partial charge in [0.2, 0.25) is 6.41 Å². The van der Waals surface area contributed by atoms with Crippen molar-refractivity contribution in [2.75, 3.05) is 10.0 Å². The second-order valence-corrected chi connectivity index (χ2v) is 7.64. The Morgan fingerprint density at radius 1 is 1.35 bits per heavy atom. The molecule has 0 atom stereocenters. The van der Waals surface area contributed by atoms with Gasteiger partial charge in [0.05, 0.1) is 10.7 Å². The maximum Gasteiger partial charge on any atom is 0.211 e. The molecule has 142 valence electrons. The number of rotatable bonds is 6. The molecule has 1 aliphatic carbocycles. The Bertz CT molecular complexity index is 777. The predicted molar refractivity (Wildman–Crippen MR) is 108 cm³/mol. The second-order valence-electron chi connectivity index (χ2n) is 6.65. The predicted octanol–water partition coefficient (Wildman–Crippen LogP) is 4.81. The Morgan fingerprint density at radius 3 is 2.54 bits per heavy atom. The van der Waals surface area contributed by atoms with Gasteiger partial charge in [-0.15, -0.1) is 0 Å². The van der Waals surface area contributed by atoms with E-state index in [9.17, 15) is 9.18 Å². The van der Waals surface area contributed by atoms with Crippen LogP contribution in [0.15, 0.2) is 24.4 Å². The third kappa shape index (κ3) is 5.65. The maximum atomic E-state index is 12.6. The van der Waals surface area contributed by atoms with Gasteiger partial charge in [0.25, 0.3) is 0 Å². The minimum atomic E-state index is -0.263. The van der Waals surface area contributed by atoms with Gasteiger partial charge in [0, 0.05) is 42.3 Å². The standard InChI is InChI=1S/C10H16ClN3S.C8H8FNO/c1-7-9(11)8(6-14(7)3)12-15-13-10(2)4-5-10;1-6-4-7(10-5-11)2-3-8(6)9/h6,12-13H,4-5H2,1-3H3;2-5H,1H3,(H,10,11). The molecule has 8 heteroatoms. The van der Waals surface area contributed by atoms with E-state index in [0.717, 1.165) is 16.4 Å². The van der Waals surface area contributed by atoms with E-state index in [4.69, 9.17) is 11.6 Å². The molecule has 3 rings (SSSR count). The molecule has 5 nitrogen and oxygen atoms in total. The first-order chi connectivity index (χ1) is 12.3. The number of nitrogens with zero attached hydrogens (tertiary/aromatic N) is 1. The van der Waals surface area contributed by atoms with Crippen molar-refractivity contribution in [2.45, 2.75) is 39.2 Å². The average molecular weight is 399 g/mol. The summed E-state index contributed by atoms with van der Waals surface area (Å²) in [5.74, 6) is -0.263. The van der Waals surface area contributed by atoms with Crippen molar-refractivity contribution < 1.29 is 9.18 Å². The van der Waals surface area contributed by atoms with E-state index < -0.39 is 0 Å². The first-order valence-electron chi connectivity index (χ1n) is 8.22. The lowest BCUT2D eigenvalue weighted by atomic mass is 10.2. The van der Waals surface area contributed by atoms with Gasteiger partial charge in [0.1, 0.15) is 5.82 Å². The van der Waals surface area contributed by atoms with Crippen molar-refractivity contribution in [2.24, 2.45) is 7.05 Å². The fourth-order valence-electron chi connectivity index (χ4n) is 2.06. The fourth-order valence-corrected chi connectivity index (χ4v) is 3.12. The lowest BCUT2D eigenvalue weighted by Gasteiger charge is -2.10. The van der Waals surface area contributed by atoms with Crippen molar-refractivity contribution in [3.63, 3.8) is 0 Å². The number of carbonyl (C=O) groups is 1. The largest absolute Gasteiger partial charge is 0.351 e. The molecule has 0 saturated heterocycles. The van der Waals surface area contributed by atoms with E-state index in [1.165, 1.54) is 37.1 Å². The summed E-state index contributed by atoms with van der Waals surface area (Å²) < 4.78 is 21.2. The van der Waals surface area contributed by atoms with Crippen LogP contribution in [-0.2, 0) is 11.8 Å². The van der Waals surface area contributed by atoms with E-state index in [1.54, 1.807) is 13.0 Å². The Kier molecular flexibility index (Phi) is 6.97. The maximum absolute atomic E-state index is 12.6. The van der Waals surface area contributed by atoms with E-state index in [-0.39, 0.29) is 5.82 Å². The summed E-state index contributed by atoms with van der Waals surface area (Å²) in [6.45, 7) is 5.87. The number of hydrogen-bond acceptors (Lipinski definition) is 4. The van der Waals surface area contributed by atoms with Crippen LogP contribution in [0.5, 0.6) is 0 Å². The fraction of sp³-hybridized carbons (Fsp3) is 0.389. The molecule has 1 aliphatic rings. The van der Waals surface area contributed by atoms with Gasteiger partial charge in [-0.3, -0.25) is 4.79 Å². The molecule has 1 aromatic carbocycles. The molecule has 1 fully saturated rings. The second kappa shape index (κ2) is 8.79. The number of anilines is 2. The van der Waals surface area contributed by atoms with Gasteiger partial charge in [-0.05, 0) is 57.4 Å². The van der Waals surface area contributed by atoms with E-state index in [2.05, 4.69) is 21.7 Å². The molecule has 1 amide bonds. The van der Waals surface area contributed by atoms with E-state index >= 15 is 0 Å². The molecule has 1 saturated carbocycles. The molecular weight excluding hydrogens is 375 g/mol. The molecule has 1 heterocycles. The van der Waals surface area contributed by atoms with Crippen LogP contribution >= 0.6 is 23.7 Å². The van der Waals surface area contributed by atoms with Gasteiger partial charge in [-0.25, -0.2) is 9.11 Å². The third-order valence-corrected chi connectivity index (χ3v) is 5.64. The normalized spacial score (nSPS) is 14.2. The summed E-state index contributed by atoms with van der Waals surface area (Å²) in [4.78, 5) is 9.97. The number of carbonyl (C=O) groups excluding carboxylic acids is 1. The molecule has 1 aromatic heterocycles. The summed E-state index contributed by atoms with van der Waals surface area (Å²) in [7, 11) is 1.99. The minimum absolute atomic E-state index is 0.263. The highest BCUT2D eigenvalue weighted by Gasteiger charge is 2.37. The SMILES string of the molecule is Cc1c(Cl)c(NSNC2(C)CC2)cn1C.Cc1cc(NC=O)ccc1F. The number of benzene rings is 1. The highest BCUT2D eigenvalue weighted by Crippen LogP contribution is 2.37. The number of nitrogens with one attached hydrogen (secondary N) is 3. The molecule has 0 bridgehead atoms. The Balaban J connectivity index is 0.000000197. The van der Waals surface area contributed by atoms with Crippen molar-refractivity contribution in [1.29, 1.82) is 0 Å². The molecule has 0 aliphatic heterocycles. The van der Waals surface area contributed by atoms with Crippen LogP contribution < -0.4 is 14.8 Å². The Labute approximate surface area is 163 Å². The zero-order chi connectivity index (χ0) is 19.3. The van der Waals surface area contributed by atoms with Gasteiger partial charge in [-0.1, -0.05) is 11.6 Å². The lowest BCUT2D eigenvalue weighted by Crippen LogP contribution is -2.21. The third-order valence-electron chi connectivity index (χ3n) is 4.25. The van der Waals surface area contributed by atoms with Crippen LogP contribution in [-0.4, -0.2) is 16.5 Å². The van der Waals surface area contributed by atoms with Crippen LogP contribution in [0.4, 0.5) is 15.8 Å². The van der Waals surface area contributed by atoms with Crippen LogP contribution in [0.25, 0.3) is 0 Å². The highest BCUT2D eigenvalue weighted by molar-refractivity contribution is 7.98. The van der Waals surface area contributed by atoms with Gasteiger partial charge >= 0.3 is 0 Å². The summed E-state index contributed by atoms with van der Waals surface area (Å²) in [6.07, 6.45) is 5.07. The minimum Gasteiger partial charge on any atom is -0.351 e. The van der Waals surface area contributed by atoms with Crippen molar-refractivity contribution in [3.8, 4) is 0 Å². The molecule has 0 spiro atoms. The lowest BCUT2D eigenvalue weighted by molar-refractivity contribution is -0.105. The van der Waals surface area contributed by atoms with Gasteiger partial charge < -0.3 is 14.6 Å². The topological polar surface area (TPSA) is 58.1 Å². The van der Waals surface area contributed by atoms with Crippen molar-refractivity contribution >= 4 is 41.5 Å². The van der Waals surface area contributed by atoms with Crippen LogP contribution in [0, 0.1) is 19.7 Å². The zero-order valence-electron chi connectivity index (χ0n) is 15.3. The summed E-state index contributed by atoms with van der Waals surface area (Å²) in [6, 6.07) is 4.40. The van der Waals surface area contributed by atoms with Gasteiger partial charge in [0.15, 0.2) is 0 Å². The highest BCUT2D eigenvalue weighted by atomic mass is 35.5. The van der Waals surface area contributed by atoms with Crippen LogP contribution in [0.1, 0.15) is 31.0 Å². The molecular formula is C18H24ClFN4OS. The van der Waals surface area contributed by atoms with E-state index in [0.29, 0.717) is 23.2 Å². The summed E-state index contributed by atoms with van der Waals surface area (Å²) >= 11 is 7.67. The van der Waals surface area contributed by atoms with Crippen molar-refractivity contribution in [3.05, 3.63) is 46.5 Å². The van der Waals surface area contributed by atoms with Gasteiger partial charge in [-0.2, -0.15) is 0 Å². The molecule has 0 unspecified atom stereocenters. The number of halogens is 2. The molecule has 2 aromatic rings.